The van der Waals surface area contributed by atoms with E-state index in [1.54, 1.807) is 7.11 Å². The zero-order valence-corrected chi connectivity index (χ0v) is 24.1. The van der Waals surface area contributed by atoms with Crippen LogP contribution in [0.2, 0.25) is 0 Å². The summed E-state index contributed by atoms with van der Waals surface area (Å²) < 4.78 is 22.6. The molecular weight excluding hydrogens is 547 g/mol. The van der Waals surface area contributed by atoms with Gasteiger partial charge < -0.3 is 15.0 Å². The van der Waals surface area contributed by atoms with E-state index in [-0.39, 0.29) is 24.9 Å². The SMILES string of the molecule is COC[C@H]1CN2C[C@@H](F)Cc3c(-c4cnn(C(c5ccccc5)(c5ccccc5)c5ccccc5)c4)sc(c32)C(=O)N1. The van der Waals surface area contributed by atoms with Gasteiger partial charge in [0.15, 0.2) is 0 Å². The smallest absolute Gasteiger partial charge is 0.263 e. The summed E-state index contributed by atoms with van der Waals surface area (Å²) in [6.07, 6.45) is 3.14. The number of alkyl halides is 1. The van der Waals surface area contributed by atoms with Gasteiger partial charge in [0.2, 0.25) is 0 Å². The zero-order chi connectivity index (χ0) is 28.7. The van der Waals surface area contributed by atoms with Crippen molar-refractivity contribution >= 4 is 22.9 Å². The molecule has 1 N–H and O–H groups in total. The van der Waals surface area contributed by atoms with Crippen molar-refractivity contribution in [1.82, 2.24) is 15.1 Å². The first-order valence-corrected chi connectivity index (χ1v) is 15.0. The Balaban J connectivity index is 1.41. The molecule has 0 bridgehead atoms. The van der Waals surface area contributed by atoms with Crippen molar-refractivity contribution in [3.63, 3.8) is 0 Å². The Hall–Kier alpha value is -4.27. The van der Waals surface area contributed by atoms with Crippen molar-refractivity contribution in [2.45, 2.75) is 24.2 Å². The fourth-order valence-corrected chi connectivity index (χ4v) is 7.80. The van der Waals surface area contributed by atoms with Crippen molar-refractivity contribution in [3.05, 3.63) is 131 Å². The number of rotatable bonds is 7. The molecule has 212 valence electrons. The van der Waals surface area contributed by atoms with Crippen LogP contribution in [0.3, 0.4) is 0 Å². The van der Waals surface area contributed by atoms with E-state index < -0.39 is 11.7 Å². The van der Waals surface area contributed by atoms with Crippen molar-refractivity contribution in [2.24, 2.45) is 0 Å². The second-order valence-electron chi connectivity index (χ2n) is 10.9. The summed E-state index contributed by atoms with van der Waals surface area (Å²) in [6, 6.07) is 30.9. The van der Waals surface area contributed by atoms with E-state index in [1.807, 2.05) is 76.6 Å². The average Bonchev–Trinajstić information content (AvgIpc) is 3.62. The van der Waals surface area contributed by atoms with E-state index in [0.717, 1.165) is 38.4 Å². The Bertz CT molecular complexity index is 1610. The van der Waals surface area contributed by atoms with E-state index in [1.165, 1.54) is 11.3 Å². The maximum Gasteiger partial charge on any atom is 0.263 e. The molecule has 1 amide bonds. The molecule has 42 heavy (non-hydrogen) atoms. The van der Waals surface area contributed by atoms with Crippen LogP contribution in [0.4, 0.5) is 10.1 Å². The number of carbonyl (C=O) groups is 1. The monoisotopic (exact) mass is 578 g/mol. The molecule has 5 aromatic rings. The van der Waals surface area contributed by atoms with E-state index in [0.29, 0.717) is 18.0 Å². The van der Waals surface area contributed by atoms with Gasteiger partial charge in [0.05, 0.1) is 24.5 Å². The lowest BCUT2D eigenvalue weighted by Gasteiger charge is -2.36. The predicted octanol–water partition coefficient (Wildman–Crippen LogP) is 5.91. The van der Waals surface area contributed by atoms with Gasteiger partial charge in [0, 0.05) is 43.3 Å². The quantitative estimate of drug-likeness (QED) is 0.244. The first-order chi connectivity index (χ1) is 20.6. The summed E-state index contributed by atoms with van der Waals surface area (Å²) in [5.74, 6) is -0.135. The molecule has 7 rings (SSSR count). The van der Waals surface area contributed by atoms with Gasteiger partial charge in [0.1, 0.15) is 16.6 Å². The highest BCUT2D eigenvalue weighted by Gasteiger charge is 2.41. The zero-order valence-electron chi connectivity index (χ0n) is 23.2. The Kier molecular flexibility index (Phi) is 6.88. The van der Waals surface area contributed by atoms with Gasteiger partial charge in [-0.05, 0) is 22.3 Å². The van der Waals surface area contributed by atoms with Gasteiger partial charge in [-0.25, -0.2) is 4.39 Å². The van der Waals surface area contributed by atoms with Gasteiger partial charge in [-0.2, -0.15) is 5.10 Å². The molecular formula is C34H31FN4O2S. The molecule has 3 aromatic carbocycles. The molecule has 4 heterocycles. The minimum atomic E-state index is -1.03. The third-order valence-corrected chi connectivity index (χ3v) is 9.52. The summed E-state index contributed by atoms with van der Waals surface area (Å²) in [5, 5.41) is 8.10. The van der Waals surface area contributed by atoms with Crippen LogP contribution in [0.25, 0.3) is 10.4 Å². The van der Waals surface area contributed by atoms with Gasteiger partial charge in [-0.15, -0.1) is 11.3 Å². The van der Waals surface area contributed by atoms with Crippen LogP contribution in [0.1, 0.15) is 31.9 Å². The lowest BCUT2D eigenvalue weighted by Crippen LogP contribution is -2.46. The van der Waals surface area contributed by atoms with E-state index in [4.69, 9.17) is 9.84 Å². The van der Waals surface area contributed by atoms with Crippen molar-refractivity contribution < 1.29 is 13.9 Å². The predicted molar refractivity (Wildman–Crippen MR) is 164 cm³/mol. The van der Waals surface area contributed by atoms with Crippen LogP contribution in [0.5, 0.6) is 0 Å². The van der Waals surface area contributed by atoms with E-state index in [2.05, 4.69) is 41.7 Å². The lowest BCUT2D eigenvalue weighted by atomic mass is 9.77. The molecule has 0 fully saturated rings. The van der Waals surface area contributed by atoms with Crippen LogP contribution in [-0.2, 0) is 16.7 Å². The Morgan fingerprint density at radius 2 is 1.52 bits per heavy atom. The number of hydrogen-bond donors (Lipinski definition) is 1. The molecule has 2 aliphatic heterocycles. The number of thiophene rings is 1. The number of nitrogens with zero attached hydrogens (tertiary/aromatic N) is 3. The van der Waals surface area contributed by atoms with Crippen LogP contribution in [0, 0.1) is 0 Å². The molecule has 0 radical (unpaired) electrons. The summed E-state index contributed by atoms with van der Waals surface area (Å²) in [5.41, 5.74) is 5.05. The lowest BCUT2D eigenvalue weighted by molar-refractivity contribution is 0.0910. The maximum atomic E-state index is 15.2. The summed E-state index contributed by atoms with van der Waals surface area (Å²) in [6.45, 7) is 1.15. The Morgan fingerprint density at radius 3 is 2.10 bits per heavy atom. The highest BCUT2D eigenvalue weighted by Crippen LogP contribution is 2.47. The first kappa shape index (κ1) is 26.6. The number of carbonyl (C=O) groups excluding carboxylic acids is 1. The first-order valence-electron chi connectivity index (χ1n) is 14.2. The van der Waals surface area contributed by atoms with Gasteiger partial charge in [-0.1, -0.05) is 91.0 Å². The number of halogens is 1. The number of anilines is 1. The third-order valence-electron chi connectivity index (χ3n) is 8.25. The largest absolute Gasteiger partial charge is 0.382 e. The van der Waals surface area contributed by atoms with Gasteiger partial charge in [-0.3, -0.25) is 9.48 Å². The molecule has 8 heteroatoms. The minimum Gasteiger partial charge on any atom is -0.382 e. The second-order valence-corrected chi connectivity index (χ2v) is 11.9. The number of hydrogen-bond acceptors (Lipinski definition) is 5. The standard InChI is InChI=1S/C34H31FN4O2S/c1-41-22-28-21-38-20-27(35)17-29-30(38)32(33(40)37-28)42-31(29)23-18-36-39(19-23)34(24-11-5-2-6-12-24,25-13-7-3-8-14-25)26-15-9-4-10-16-26/h2-16,18-19,27-28H,17,20-22H2,1H3,(H,37,40)/t27-,28+/m0/s1. The normalized spacial score (nSPS) is 18.3. The van der Waals surface area contributed by atoms with Crippen molar-refractivity contribution in [2.75, 3.05) is 31.7 Å². The van der Waals surface area contributed by atoms with Crippen molar-refractivity contribution in [1.29, 1.82) is 0 Å². The number of benzene rings is 3. The molecule has 2 atom stereocenters. The number of aromatic nitrogens is 2. The molecule has 0 saturated heterocycles. The summed E-state index contributed by atoms with van der Waals surface area (Å²) in [4.78, 5) is 16.9. The maximum absolute atomic E-state index is 15.2. The van der Waals surface area contributed by atoms with Gasteiger partial charge in [0.25, 0.3) is 5.91 Å². The van der Waals surface area contributed by atoms with Crippen LogP contribution < -0.4 is 10.2 Å². The second kappa shape index (κ2) is 10.9. The molecule has 2 aromatic heterocycles. The Labute approximate surface area is 248 Å². The summed E-state index contributed by atoms with van der Waals surface area (Å²) >= 11 is 1.42. The molecule has 6 nitrogen and oxygen atoms in total. The minimum absolute atomic E-state index is 0.135. The third kappa shape index (κ3) is 4.33. The highest BCUT2D eigenvalue weighted by atomic mass is 32.1. The van der Waals surface area contributed by atoms with Crippen LogP contribution in [0.15, 0.2) is 103 Å². The summed E-state index contributed by atoms with van der Waals surface area (Å²) in [7, 11) is 1.61. The molecule has 0 spiro atoms. The average molecular weight is 579 g/mol. The topological polar surface area (TPSA) is 59.4 Å². The van der Waals surface area contributed by atoms with Crippen LogP contribution in [-0.4, -0.2) is 54.7 Å². The van der Waals surface area contributed by atoms with Crippen LogP contribution >= 0.6 is 11.3 Å². The number of amides is 1. The number of nitrogens with one attached hydrogen (secondary N) is 1. The van der Waals surface area contributed by atoms with E-state index in [9.17, 15) is 4.79 Å². The van der Waals surface area contributed by atoms with Crippen molar-refractivity contribution in [3.8, 4) is 10.4 Å². The molecule has 0 unspecified atom stereocenters. The van der Waals surface area contributed by atoms with E-state index >= 15 is 4.39 Å². The number of methoxy groups -OCH3 is 1. The fraction of sp³-hybridized carbons (Fsp3) is 0.235. The van der Waals surface area contributed by atoms with Gasteiger partial charge >= 0.3 is 0 Å². The highest BCUT2D eigenvalue weighted by molar-refractivity contribution is 7.18. The fourth-order valence-electron chi connectivity index (χ4n) is 6.57. The molecule has 0 aliphatic carbocycles. The number of ether oxygens (including phenoxy) is 1. The molecule has 2 aliphatic rings. The molecule has 0 saturated carbocycles. The Morgan fingerprint density at radius 1 is 0.929 bits per heavy atom.